The molecule has 0 radical (unpaired) electrons. The molecule has 210 valence electrons. The van der Waals surface area contributed by atoms with Gasteiger partial charge in [-0.1, -0.05) is 13.0 Å². The Labute approximate surface area is 243 Å². The largest absolute Gasteiger partial charge is 0.325 e. The smallest absolute Gasteiger partial charge is 0.248 e. The van der Waals surface area contributed by atoms with Crippen LogP contribution in [0, 0.1) is 25.1 Å². The third kappa shape index (κ3) is 4.79. The molecule has 3 aromatic heterocycles. The van der Waals surface area contributed by atoms with Crippen molar-refractivity contribution in [1.29, 1.82) is 0 Å². The number of aryl methyl sites for hydroxylation is 2. The highest BCUT2D eigenvalue weighted by Gasteiger charge is 2.64. The van der Waals surface area contributed by atoms with Gasteiger partial charge in [0.05, 0.1) is 0 Å². The summed E-state index contributed by atoms with van der Waals surface area (Å²) < 4.78 is 17.4. The Kier molecular flexibility index (Phi) is 6.48. The fraction of sp³-hybridized carbons (Fsp3) is 0.345. The summed E-state index contributed by atoms with van der Waals surface area (Å²) in [6, 6.07) is 5.79. The van der Waals surface area contributed by atoms with Gasteiger partial charge in [0.15, 0.2) is 5.78 Å². The average Bonchev–Trinajstić information content (AvgIpc) is 3.27. The normalized spacial score (nSPS) is 21.2. The number of aromatic nitrogens is 5. The number of hydrogen-bond donors (Lipinski definition) is 1. The van der Waals surface area contributed by atoms with E-state index in [9.17, 15) is 14.4 Å². The zero-order valence-electron chi connectivity index (χ0n) is 22.9. The summed E-state index contributed by atoms with van der Waals surface area (Å²) in [6.45, 7) is 6.67. The van der Waals surface area contributed by atoms with Crippen molar-refractivity contribution in [3.8, 4) is 11.1 Å². The topological polar surface area (TPSA) is 123 Å². The summed E-state index contributed by atoms with van der Waals surface area (Å²) in [5, 5.41) is 7.52. The van der Waals surface area contributed by atoms with Crippen LogP contribution in [0.5, 0.6) is 0 Å². The number of nitrogens with one attached hydrogen (secondary N) is 1. The second kappa shape index (κ2) is 9.79. The summed E-state index contributed by atoms with van der Waals surface area (Å²) in [7, 11) is 0. The number of hydrogen-bond acceptors (Lipinski definition) is 7. The molecule has 41 heavy (non-hydrogen) atoms. The van der Waals surface area contributed by atoms with Crippen LogP contribution in [-0.4, -0.2) is 59.3 Å². The fourth-order valence-corrected chi connectivity index (χ4v) is 6.06. The minimum atomic E-state index is -0.710. The molecule has 10 nitrogen and oxygen atoms in total. The molecule has 2 aliphatic rings. The molecule has 0 bridgehead atoms. The number of rotatable bonds is 6. The molecule has 4 aromatic rings. The Bertz CT molecular complexity index is 1760. The zero-order chi connectivity index (χ0) is 29.2. The third-order valence-corrected chi connectivity index (χ3v) is 8.50. The Hall–Kier alpha value is -4.06. The molecule has 0 spiro atoms. The number of halogens is 2. The van der Waals surface area contributed by atoms with Crippen LogP contribution in [0.15, 0.2) is 41.3 Å². The van der Waals surface area contributed by atoms with Crippen LogP contribution in [0.3, 0.4) is 0 Å². The minimum Gasteiger partial charge on any atom is -0.325 e. The van der Waals surface area contributed by atoms with Gasteiger partial charge >= 0.3 is 0 Å². The van der Waals surface area contributed by atoms with Gasteiger partial charge in [-0.15, -0.1) is 0 Å². The molecule has 2 fully saturated rings. The number of nitrogens with zero attached hydrogens (tertiary/aromatic N) is 6. The van der Waals surface area contributed by atoms with Crippen LogP contribution in [0.4, 0.5) is 10.2 Å². The van der Waals surface area contributed by atoms with E-state index in [0.717, 1.165) is 12.0 Å². The number of pyridine rings is 1. The van der Waals surface area contributed by atoms with E-state index in [1.54, 1.807) is 36.4 Å². The quantitative estimate of drug-likeness (QED) is 0.246. The molecule has 2 amide bonds. The predicted molar refractivity (Wildman–Crippen MR) is 153 cm³/mol. The second-order valence-electron chi connectivity index (χ2n) is 11.1. The van der Waals surface area contributed by atoms with Gasteiger partial charge < -0.3 is 10.2 Å². The van der Waals surface area contributed by atoms with Gasteiger partial charge in [-0.25, -0.2) is 19.3 Å². The van der Waals surface area contributed by atoms with Crippen molar-refractivity contribution >= 4 is 50.2 Å². The van der Waals surface area contributed by atoms with Crippen molar-refractivity contribution in [1.82, 2.24) is 29.6 Å². The number of fused-ring (bicyclic) bond motifs is 2. The first-order chi connectivity index (χ1) is 19.4. The van der Waals surface area contributed by atoms with Gasteiger partial charge in [0.1, 0.15) is 45.9 Å². The minimum absolute atomic E-state index is 0.0491. The number of ketones is 1. The van der Waals surface area contributed by atoms with Crippen LogP contribution in [0.25, 0.3) is 22.0 Å². The van der Waals surface area contributed by atoms with Crippen LogP contribution in [0.1, 0.15) is 48.6 Å². The van der Waals surface area contributed by atoms with Crippen molar-refractivity contribution in [2.24, 2.45) is 5.41 Å². The van der Waals surface area contributed by atoms with Crippen molar-refractivity contribution in [3.63, 3.8) is 0 Å². The van der Waals surface area contributed by atoms with Gasteiger partial charge in [-0.05, 0) is 77.4 Å². The van der Waals surface area contributed by atoms with E-state index in [0.29, 0.717) is 39.2 Å². The molecular formula is C29H27BrFN7O3. The monoisotopic (exact) mass is 619 g/mol. The van der Waals surface area contributed by atoms with Gasteiger partial charge in [-0.3, -0.25) is 19.1 Å². The van der Waals surface area contributed by atoms with Crippen molar-refractivity contribution in [2.75, 3.05) is 5.32 Å². The number of likely N-dealkylation sites (tertiary alicyclic amines) is 1. The number of Topliss-reactive ketones (excluding diaryl/α,β-unsaturated/α-hetero) is 1. The highest BCUT2D eigenvalue weighted by molar-refractivity contribution is 9.10. The molecule has 1 aliphatic heterocycles. The Morgan fingerprint density at radius 1 is 1.12 bits per heavy atom. The van der Waals surface area contributed by atoms with E-state index < -0.39 is 11.9 Å². The average molecular weight is 620 g/mol. The van der Waals surface area contributed by atoms with Crippen LogP contribution in [-0.2, 0) is 16.1 Å². The summed E-state index contributed by atoms with van der Waals surface area (Å²) >= 11 is 3.33. The van der Waals surface area contributed by atoms with Crippen LogP contribution in [0.2, 0.25) is 0 Å². The summed E-state index contributed by atoms with van der Waals surface area (Å²) in [5.41, 5.74) is 1.82. The van der Waals surface area contributed by atoms with E-state index in [1.165, 1.54) is 17.7 Å². The first-order valence-corrected chi connectivity index (χ1v) is 14.0. The lowest BCUT2D eigenvalue weighted by atomic mass is 10.0. The van der Waals surface area contributed by atoms with Gasteiger partial charge in [0.25, 0.3) is 0 Å². The Balaban J connectivity index is 1.32. The Morgan fingerprint density at radius 3 is 2.56 bits per heavy atom. The lowest BCUT2D eigenvalue weighted by molar-refractivity contribution is -0.138. The lowest BCUT2D eigenvalue weighted by Gasteiger charge is -2.27. The number of amides is 2. The molecule has 1 saturated heterocycles. The molecule has 1 aliphatic carbocycles. The van der Waals surface area contributed by atoms with Crippen LogP contribution >= 0.6 is 15.9 Å². The SMILES string of the molecule is CC(=O)c1nn(CC(=O)N2[C@H](C(=O)Nc3nc(Br)ccc3C)C[C@@]3(C)C[C@@H]23)c2c(F)cc(-c3cnc(C)nc3)cc12. The molecule has 1 N–H and O–H groups in total. The van der Waals surface area contributed by atoms with Gasteiger partial charge in [-0.2, -0.15) is 5.10 Å². The van der Waals surface area contributed by atoms with E-state index in [2.05, 4.69) is 48.2 Å². The van der Waals surface area contributed by atoms with Crippen molar-refractivity contribution < 1.29 is 18.8 Å². The van der Waals surface area contributed by atoms with E-state index in [1.807, 2.05) is 13.0 Å². The standard InChI is InChI=1S/C29H27BrFN7O3/c1-14-5-6-23(30)34-27(14)35-28(41)21-9-29(4)10-22(29)38(21)24(40)13-37-26-19(25(36-37)15(2)39)7-17(8-20(26)31)18-11-32-16(3)33-12-18/h5-8,11-12,21-22H,9-10,13H2,1-4H3,(H,34,35,41)/t21-,22+,29-/m0/s1. The fourth-order valence-electron chi connectivity index (χ4n) is 5.75. The number of piperidine rings is 1. The van der Waals surface area contributed by atoms with E-state index in [4.69, 9.17) is 0 Å². The highest BCUT2D eigenvalue weighted by atomic mass is 79.9. The first-order valence-electron chi connectivity index (χ1n) is 13.2. The lowest BCUT2D eigenvalue weighted by Crippen LogP contribution is -2.47. The van der Waals surface area contributed by atoms with Crippen LogP contribution < -0.4 is 5.32 Å². The van der Waals surface area contributed by atoms with E-state index >= 15 is 4.39 Å². The summed E-state index contributed by atoms with van der Waals surface area (Å²) in [5.74, 6) is -0.688. The maximum Gasteiger partial charge on any atom is 0.248 e. The predicted octanol–water partition coefficient (Wildman–Crippen LogP) is 4.63. The summed E-state index contributed by atoms with van der Waals surface area (Å²) in [6.07, 6.45) is 4.46. The summed E-state index contributed by atoms with van der Waals surface area (Å²) in [4.78, 5) is 54.0. The first kappa shape index (κ1) is 27.1. The molecule has 3 atom stereocenters. The molecule has 1 aromatic carbocycles. The maximum atomic E-state index is 15.6. The molecule has 12 heteroatoms. The zero-order valence-corrected chi connectivity index (χ0v) is 24.5. The van der Waals surface area contributed by atoms with Gasteiger partial charge in [0, 0.05) is 36.3 Å². The number of benzene rings is 1. The maximum absolute atomic E-state index is 15.6. The number of anilines is 1. The third-order valence-electron chi connectivity index (χ3n) is 8.06. The molecule has 0 unspecified atom stereocenters. The number of carbonyl (C=O) groups is 3. The molecule has 6 rings (SSSR count). The Morgan fingerprint density at radius 2 is 1.85 bits per heavy atom. The van der Waals surface area contributed by atoms with Crippen molar-refractivity contribution in [2.45, 2.75) is 59.2 Å². The van der Waals surface area contributed by atoms with E-state index in [-0.39, 0.29) is 46.8 Å². The molecular weight excluding hydrogens is 593 g/mol. The highest BCUT2D eigenvalue weighted by Crippen LogP contribution is 2.59. The number of carbonyl (C=O) groups excluding carboxylic acids is 3. The van der Waals surface area contributed by atoms with Gasteiger partial charge in [0.2, 0.25) is 11.8 Å². The second-order valence-corrected chi connectivity index (χ2v) is 11.9. The van der Waals surface area contributed by atoms with Crippen molar-refractivity contribution in [3.05, 3.63) is 64.2 Å². The molecule has 1 saturated carbocycles. The molecule has 4 heterocycles.